The number of hydrogen-bond donors (Lipinski definition) is 1. The lowest BCUT2D eigenvalue weighted by Crippen LogP contribution is -1.98. The van der Waals surface area contributed by atoms with Crippen molar-refractivity contribution in [2.24, 2.45) is 0 Å². The van der Waals surface area contributed by atoms with Gasteiger partial charge in [-0.15, -0.1) is 0 Å². The second kappa shape index (κ2) is 5.46. The molecular formula is C14H15NO2. The molecule has 1 aromatic carbocycles. The van der Waals surface area contributed by atoms with Gasteiger partial charge in [0.2, 0.25) is 0 Å². The molecule has 1 atom stereocenters. The molecule has 0 saturated heterocycles. The second-order valence-electron chi connectivity index (χ2n) is 3.85. The predicted octanol–water partition coefficient (Wildman–Crippen LogP) is 2.71. The van der Waals surface area contributed by atoms with Crippen molar-refractivity contribution in [3.8, 4) is 5.75 Å². The van der Waals surface area contributed by atoms with Crippen LogP contribution in [0.25, 0.3) is 0 Å². The number of aliphatic hydroxyl groups excluding tert-OH is 1. The molecule has 0 amide bonds. The maximum absolute atomic E-state index is 9.37. The molecule has 0 aliphatic rings. The van der Waals surface area contributed by atoms with E-state index in [-0.39, 0.29) is 0 Å². The Morgan fingerprint density at radius 3 is 2.53 bits per heavy atom. The zero-order chi connectivity index (χ0) is 12.1. The summed E-state index contributed by atoms with van der Waals surface area (Å²) in [6, 6.07) is 13.2. The molecule has 0 fully saturated rings. The van der Waals surface area contributed by atoms with E-state index in [1.165, 1.54) is 0 Å². The number of aromatic nitrogens is 1. The first-order valence-corrected chi connectivity index (χ1v) is 5.56. The van der Waals surface area contributed by atoms with Crippen molar-refractivity contribution >= 4 is 0 Å². The third kappa shape index (κ3) is 3.29. The number of aliphatic hydroxyl groups is 1. The third-order valence-corrected chi connectivity index (χ3v) is 2.48. The summed E-state index contributed by atoms with van der Waals surface area (Å²) in [6.07, 6.45) is 1.30. The van der Waals surface area contributed by atoms with Crippen molar-refractivity contribution in [1.29, 1.82) is 0 Å². The molecule has 0 saturated carbocycles. The van der Waals surface area contributed by atoms with Crippen LogP contribution in [0.3, 0.4) is 0 Å². The lowest BCUT2D eigenvalue weighted by atomic mass is 10.1. The molecule has 3 nitrogen and oxygen atoms in total. The van der Waals surface area contributed by atoms with Gasteiger partial charge in [0.15, 0.2) is 0 Å². The Bertz CT molecular complexity index is 451. The van der Waals surface area contributed by atoms with Gasteiger partial charge in [-0.2, -0.15) is 0 Å². The highest BCUT2D eigenvalue weighted by atomic mass is 16.5. The quantitative estimate of drug-likeness (QED) is 0.876. The van der Waals surface area contributed by atoms with Gasteiger partial charge in [-0.1, -0.05) is 18.2 Å². The SMILES string of the molecule is C[C@H](O)c1ccc(OCc2ccccn2)cc1. The van der Waals surface area contributed by atoms with E-state index >= 15 is 0 Å². The molecule has 0 spiro atoms. The number of benzene rings is 1. The van der Waals surface area contributed by atoms with Gasteiger partial charge >= 0.3 is 0 Å². The minimum atomic E-state index is -0.445. The molecule has 0 radical (unpaired) electrons. The molecular weight excluding hydrogens is 214 g/mol. The molecule has 17 heavy (non-hydrogen) atoms. The summed E-state index contributed by atoms with van der Waals surface area (Å²) in [5.74, 6) is 0.778. The van der Waals surface area contributed by atoms with E-state index in [0.29, 0.717) is 6.61 Å². The fourth-order valence-electron chi connectivity index (χ4n) is 1.48. The molecule has 2 aromatic rings. The number of hydrogen-bond acceptors (Lipinski definition) is 3. The summed E-state index contributed by atoms with van der Waals surface area (Å²) in [6.45, 7) is 2.19. The van der Waals surface area contributed by atoms with Crippen LogP contribution in [0, 0.1) is 0 Å². The summed E-state index contributed by atoms with van der Waals surface area (Å²) in [4.78, 5) is 4.17. The van der Waals surface area contributed by atoms with Crippen molar-refractivity contribution in [2.75, 3.05) is 0 Å². The van der Waals surface area contributed by atoms with Crippen LogP contribution in [0.2, 0.25) is 0 Å². The predicted molar refractivity (Wildman–Crippen MR) is 65.6 cm³/mol. The second-order valence-corrected chi connectivity index (χ2v) is 3.85. The minimum absolute atomic E-state index is 0.445. The molecule has 0 aliphatic heterocycles. The average Bonchev–Trinajstić information content (AvgIpc) is 2.38. The highest BCUT2D eigenvalue weighted by Gasteiger charge is 2.01. The summed E-state index contributed by atoms with van der Waals surface area (Å²) in [5, 5.41) is 9.37. The standard InChI is InChI=1S/C14H15NO2/c1-11(16)12-5-7-14(8-6-12)17-10-13-4-2-3-9-15-13/h2-9,11,16H,10H2,1H3/t11-/m0/s1. The van der Waals surface area contributed by atoms with Crippen molar-refractivity contribution in [2.45, 2.75) is 19.6 Å². The Hall–Kier alpha value is -1.87. The zero-order valence-corrected chi connectivity index (χ0v) is 9.71. The van der Waals surface area contributed by atoms with Crippen molar-refractivity contribution < 1.29 is 9.84 Å². The van der Waals surface area contributed by atoms with Crippen LogP contribution >= 0.6 is 0 Å². The molecule has 2 rings (SSSR count). The maximum Gasteiger partial charge on any atom is 0.130 e. The van der Waals surface area contributed by atoms with Crippen LogP contribution < -0.4 is 4.74 Å². The van der Waals surface area contributed by atoms with E-state index in [1.54, 1.807) is 13.1 Å². The molecule has 1 aromatic heterocycles. The first-order valence-electron chi connectivity index (χ1n) is 5.56. The summed E-state index contributed by atoms with van der Waals surface area (Å²) in [5.41, 5.74) is 1.78. The Labute approximate surface area is 101 Å². The van der Waals surface area contributed by atoms with E-state index in [9.17, 15) is 5.11 Å². The van der Waals surface area contributed by atoms with Crippen molar-refractivity contribution in [3.63, 3.8) is 0 Å². The van der Waals surface area contributed by atoms with Gasteiger partial charge in [0, 0.05) is 6.20 Å². The Morgan fingerprint density at radius 1 is 1.18 bits per heavy atom. The van der Waals surface area contributed by atoms with Gasteiger partial charge in [0.25, 0.3) is 0 Å². The van der Waals surface area contributed by atoms with Gasteiger partial charge < -0.3 is 9.84 Å². The van der Waals surface area contributed by atoms with Gasteiger partial charge in [0.05, 0.1) is 11.8 Å². The van der Waals surface area contributed by atoms with Gasteiger partial charge in [-0.05, 0) is 36.8 Å². The molecule has 0 bridgehead atoms. The lowest BCUT2D eigenvalue weighted by Gasteiger charge is -2.08. The van der Waals surface area contributed by atoms with Crippen molar-refractivity contribution in [3.05, 3.63) is 59.9 Å². The van der Waals surface area contributed by atoms with E-state index in [2.05, 4.69) is 4.98 Å². The highest BCUT2D eigenvalue weighted by Crippen LogP contribution is 2.17. The molecule has 0 aliphatic carbocycles. The smallest absolute Gasteiger partial charge is 0.130 e. The first kappa shape index (κ1) is 11.6. The average molecular weight is 229 g/mol. The zero-order valence-electron chi connectivity index (χ0n) is 9.71. The van der Waals surface area contributed by atoms with E-state index in [4.69, 9.17) is 4.74 Å². The van der Waals surface area contributed by atoms with E-state index in [1.807, 2.05) is 42.5 Å². The Morgan fingerprint density at radius 2 is 1.94 bits per heavy atom. The Kier molecular flexibility index (Phi) is 3.73. The summed E-state index contributed by atoms with van der Waals surface area (Å²) < 4.78 is 5.58. The topological polar surface area (TPSA) is 42.4 Å². The van der Waals surface area contributed by atoms with Crippen molar-refractivity contribution in [1.82, 2.24) is 4.98 Å². The van der Waals surface area contributed by atoms with E-state index < -0.39 is 6.10 Å². The molecule has 0 unspecified atom stereocenters. The largest absolute Gasteiger partial charge is 0.487 e. The molecule has 3 heteroatoms. The van der Waals surface area contributed by atoms with Crippen LogP contribution in [0.4, 0.5) is 0 Å². The number of ether oxygens (including phenoxy) is 1. The Balaban J connectivity index is 1.96. The maximum atomic E-state index is 9.37. The van der Waals surface area contributed by atoms with Crippen LogP contribution in [0.15, 0.2) is 48.7 Å². The molecule has 88 valence electrons. The third-order valence-electron chi connectivity index (χ3n) is 2.48. The number of rotatable bonds is 4. The van der Waals surface area contributed by atoms with Crippen LogP contribution in [-0.4, -0.2) is 10.1 Å². The minimum Gasteiger partial charge on any atom is -0.487 e. The summed E-state index contributed by atoms with van der Waals surface area (Å²) >= 11 is 0. The highest BCUT2D eigenvalue weighted by molar-refractivity contribution is 5.28. The number of nitrogens with zero attached hydrogens (tertiary/aromatic N) is 1. The van der Waals surface area contributed by atoms with Gasteiger partial charge in [-0.3, -0.25) is 4.98 Å². The number of pyridine rings is 1. The summed E-state index contributed by atoms with van der Waals surface area (Å²) in [7, 11) is 0. The van der Waals surface area contributed by atoms with Gasteiger partial charge in [-0.25, -0.2) is 0 Å². The van der Waals surface area contributed by atoms with Crippen LogP contribution in [0.5, 0.6) is 5.75 Å². The monoisotopic (exact) mass is 229 g/mol. The normalized spacial score (nSPS) is 12.1. The van der Waals surface area contributed by atoms with Gasteiger partial charge in [0.1, 0.15) is 12.4 Å². The molecule has 1 N–H and O–H groups in total. The fourth-order valence-corrected chi connectivity index (χ4v) is 1.48. The first-order chi connectivity index (χ1) is 8.25. The van der Waals surface area contributed by atoms with E-state index in [0.717, 1.165) is 17.0 Å². The van der Waals surface area contributed by atoms with Crippen LogP contribution in [-0.2, 0) is 6.61 Å². The lowest BCUT2D eigenvalue weighted by molar-refractivity contribution is 0.199. The molecule has 1 heterocycles. The fraction of sp³-hybridized carbons (Fsp3) is 0.214. The van der Waals surface area contributed by atoms with Crippen LogP contribution in [0.1, 0.15) is 24.3 Å².